The predicted octanol–water partition coefficient (Wildman–Crippen LogP) is 2.04. The van der Waals surface area contributed by atoms with Crippen molar-refractivity contribution < 1.29 is 29.3 Å². The number of aliphatic hydroxyl groups is 1. The van der Waals surface area contributed by atoms with Crippen LogP contribution in [0.1, 0.15) is 59.1 Å². The Balaban J connectivity index is 3.26. The van der Waals surface area contributed by atoms with Gasteiger partial charge in [0.1, 0.15) is 23.4 Å². The molecular formula is C23H33N3O6. The SMILES string of the molecule is C#CN(C(=O)C(CO)NC(=O)OC(C)(C)C)C(C(=O)NC(C)CCC)c1cccc(O)c1. The molecule has 1 rings (SSSR count). The molecule has 0 radical (unpaired) electrons. The largest absolute Gasteiger partial charge is 0.508 e. The number of nitrogens with zero attached hydrogens (tertiary/aromatic N) is 1. The summed E-state index contributed by atoms with van der Waals surface area (Å²) in [5, 5.41) is 24.7. The number of hydrogen-bond acceptors (Lipinski definition) is 6. The highest BCUT2D eigenvalue weighted by Gasteiger charge is 2.36. The zero-order valence-electron chi connectivity index (χ0n) is 19.2. The molecule has 9 heteroatoms. The van der Waals surface area contributed by atoms with Crippen molar-refractivity contribution in [2.45, 2.75) is 71.2 Å². The molecule has 3 atom stereocenters. The molecule has 1 aromatic rings. The number of aliphatic hydroxyl groups excluding tert-OH is 1. The van der Waals surface area contributed by atoms with Crippen LogP contribution in [0.2, 0.25) is 0 Å². The summed E-state index contributed by atoms with van der Waals surface area (Å²) < 4.78 is 5.13. The molecule has 9 nitrogen and oxygen atoms in total. The van der Waals surface area contributed by atoms with Gasteiger partial charge in [0.2, 0.25) is 5.91 Å². The van der Waals surface area contributed by atoms with Gasteiger partial charge in [-0.2, -0.15) is 0 Å². The Morgan fingerprint density at radius 2 is 1.91 bits per heavy atom. The van der Waals surface area contributed by atoms with Gasteiger partial charge in [-0.1, -0.05) is 31.9 Å². The van der Waals surface area contributed by atoms with Crippen molar-refractivity contribution in [1.82, 2.24) is 15.5 Å². The van der Waals surface area contributed by atoms with E-state index in [1.165, 1.54) is 18.2 Å². The van der Waals surface area contributed by atoms with Gasteiger partial charge in [-0.3, -0.25) is 14.5 Å². The van der Waals surface area contributed by atoms with Crippen molar-refractivity contribution in [2.75, 3.05) is 6.61 Å². The zero-order valence-corrected chi connectivity index (χ0v) is 19.2. The number of hydrogen-bond donors (Lipinski definition) is 4. The lowest BCUT2D eigenvalue weighted by Gasteiger charge is -2.30. The molecule has 0 fully saturated rings. The van der Waals surface area contributed by atoms with Crippen molar-refractivity contribution in [3.63, 3.8) is 0 Å². The second kappa shape index (κ2) is 12.0. The minimum atomic E-state index is -1.44. The van der Waals surface area contributed by atoms with Crippen LogP contribution in [0.5, 0.6) is 5.75 Å². The summed E-state index contributed by atoms with van der Waals surface area (Å²) in [6.07, 6.45) is 6.22. The Morgan fingerprint density at radius 3 is 2.41 bits per heavy atom. The molecule has 176 valence electrons. The first-order chi connectivity index (χ1) is 14.9. The van der Waals surface area contributed by atoms with Gasteiger partial charge in [-0.05, 0) is 51.8 Å². The Bertz CT molecular complexity index is 843. The third kappa shape index (κ3) is 8.12. The molecule has 32 heavy (non-hydrogen) atoms. The highest BCUT2D eigenvalue weighted by molar-refractivity contribution is 5.93. The van der Waals surface area contributed by atoms with E-state index in [1.807, 2.05) is 13.8 Å². The highest BCUT2D eigenvalue weighted by Crippen LogP contribution is 2.25. The van der Waals surface area contributed by atoms with Crippen LogP contribution in [-0.2, 0) is 14.3 Å². The molecule has 0 bridgehead atoms. The lowest BCUT2D eigenvalue weighted by Crippen LogP contribution is -2.53. The molecule has 0 aromatic heterocycles. The first-order valence-electron chi connectivity index (χ1n) is 10.4. The van der Waals surface area contributed by atoms with Gasteiger partial charge in [0.15, 0.2) is 0 Å². The second-order valence-electron chi connectivity index (χ2n) is 8.41. The van der Waals surface area contributed by atoms with E-state index in [4.69, 9.17) is 11.2 Å². The van der Waals surface area contributed by atoms with Crippen molar-refractivity contribution >= 4 is 17.9 Å². The summed E-state index contributed by atoms with van der Waals surface area (Å²) in [5.74, 6) is -1.55. The zero-order chi connectivity index (χ0) is 24.5. The third-order valence-corrected chi connectivity index (χ3v) is 4.35. The molecule has 0 saturated heterocycles. The fourth-order valence-corrected chi connectivity index (χ4v) is 3.01. The molecule has 1 aromatic carbocycles. The molecular weight excluding hydrogens is 414 g/mol. The molecule has 0 spiro atoms. The smallest absolute Gasteiger partial charge is 0.408 e. The van der Waals surface area contributed by atoms with Gasteiger partial charge < -0.3 is 25.6 Å². The van der Waals surface area contributed by atoms with Gasteiger partial charge in [0, 0.05) is 12.1 Å². The monoisotopic (exact) mass is 447 g/mol. The first kappa shape index (κ1) is 26.8. The number of phenolic OH excluding ortho intramolecular Hbond substituents is 1. The van der Waals surface area contributed by atoms with E-state index in [1.54, 1.807) is 26.8 Å². The number of benzene rings is 1. The standard InChI is InChI=1S/C23H33N3O6/c1-7-10-15(3)24-20(29)19(16-11-9-12-17(28)13-16)26(8-2)21(30)18(14-27)25-22(31)32-23(4,5)6/h2,9,11-13,15,18-19,27-28H,7,10,14H2,1,3-6H3,(H,24,29)(H,25,31). The van der Waals surface area contributed by atoms with E-state index in [9.17, 15) is 24.6 Å². The lowest BCUT2D eigenvalue weighted by molar-refractivity contribution is -0.139. The third-order valence-electron chi connectivity index (χ3n) is 4.35. The van der Waals surface area contributed by atoms with Gasteiger partial charge in [0.05, 0.1) is 6.61 Å². The molecule has 3 unspecified atom stereocenters. The summed E-state index contributed by atoms with van der Waals surface area (Å²) >= 11 is 0. The molecule has 0 aliphatic rings. The average Bonchev–Trinajstić information content (AvgIpc) is 2.68. The van der Waals surface area contributed by atoms with Gasteiger partial charge in [-0.25, -0.2) is 4.79 Å². The van der Waals surface area contributed by atoms with Crippen molar-refractivity contribution in [2.24, 2.45) is 0 Å². The minimum Gasteiger partial charge on any atom is -0.508 e. The van der Waals surface area contributed by atoms with Crippen molar-refractivity contribution in [1.29, 1.82) is 0 Å². The van der Waals surface area contributed by atoms with E-state index < -0.39 is 42.2 Å². The fraction of sp³-hybridized carbons (Fsp3) is 0.522. The van der Waals surface area contributed by atoms with Crippen LogP contribution < -0.4 is 10.6 Å². The van der Waals surface area contributed by atoms with Crippen molar-refractivity contribution in [3.8, 4) is 18.2 Å². The van der Waals surface area contributed by atoms with Crippen LogP contribution in [0, 0.1) is 12.5 Å². The maximum absolute atomic E-state index is 13.1. The van der Waals surface area contributed by atoms with E-state index >= 15 is 0 Å². The average molecular weight is 448 g/mol. The summed E-state index contributed by atoms with van der Waals surface area (Å²) in [6.45, 7) is 7.97. The number of rotatable bonds is 9. The maximum atomic E-state index is 13.1. The van der Waals surface area contributed by atoms with Crippen LogP contribution >= 0.6 is 0 Å². The summed E-state index contributed by atoms with van der Waals surface area (Å²) in [4.78, 5) is 39.1. The number of alkyl carbamates (subject to hydrolysis) is 1. The van der Waals surface area contributed by atoms with E-state index in [0.717, 1.165) is 11.3 Å². The minimum absolute atomic E-state index is 0.114. The number of carbonyl (C=O) groups excluding carboxylic acids is 3. The Labute approximate surface area is 189 Å². The quantitative estimate of drug-likeness (QED) is 0.339. The van der Waals surface area contributed by atoms with Gasteiger partial charge in [-0.15, -0.1) is 0 Å². The highest BCUT2D eigenvalue weighted by atomic mass is 16.6. The summed E-state index contributed by atoms with van der Waals surface area (Å²) in [5.41, 5.74) is -0.551. The van der Waals surface area contributed by atoms with Crippen LogP contribution in [-0.4, -0.2) is 57.3 Å². The van der Waals surface area contributed by atoms with E-state index in [2.05, 4.69) is 16.7 Å². The molecule has 4 N–H and O–H groups in total. The normalized spacial score (nSPS) is 13.8. The molecule has 0 saturated carbocycles. The fourth-order valence-electron chi connectivity index (χ4n) is 3.01. The van der Waals surface area contributed by atoms with Gasteiger partial charge in [0.25, 0.3) is 5.91 Å². The predicted molar refractivity (Wildman–Crippen MR) is 119 cm³/mol. The van der Waals surface area contributed by atoms with Crippen LogP contribution in [0.3, 0.4) is 0 Å². The molecule has 0 aliphatic carbocycles. The number of phenols is 1. The number of amides is 3. The maximum Gasteiger partial charge on any atom is 0.408 e. The number of carbonyl (C=O) groups is 3. The van der Waals surface area contributed by atoms with Crippen LogP contribution in [0.15, 0.2) is 24.3 Å². The molecule has 0 aliphatic heterocycles. The Hall–Kier alpha value is -3.25. The molecule has 3 amide bonds. The summed E-state index contributed by atoms with van der Waals surface area (Å²) in [6, 6.07) is 5.05. The number of aromatic hydroxyl groups is 1. The van der Waals surface area contributed by atoms with Crippen LogP contribution in [0.25, 0.3) is 0 Å². The Morgan fingerprint density at radius 1 is 1.25 bits per heavy atom. The van der Waals surface area contributed by atoms with Crippen LogP contribution in [0.4, 0.5) is 4.79 Å². The van der Waals surface area contributed by atoms with Crippen molar-refractivity contribution in [3.05, 3.63) is 29.8 Å². The Kier molecular flexibility index (Phi) is 10.0. The second-order valence-corrected chi connectivity index (χ2v) is 8.41. The number of ether oxygens (including phenoxy) is 1. The van der Waals surface area contributed by atoms with E-state index in [0.29, 0.717) is 6.42 Å². The topological polar surface area (TPSA) is 128 Å². The number of terminal acetylenes is 1. The number of nitrogens with one attached hydrogen (secondary N) is 2. The molecule has 0 heterocycles. The first-order valence-corrected chi connectivity index (χ1v) is 10.4. The summed E-state index contributed by atoms with van der Waals surface area (Å²) in [7, 11) is 0. The van der Waals surface area contributed by atoms with Gasteiger partial charge >= 0.3 is 6.09 Å². The van der Waals surface area contributed by atoms with E-state index in [-0.39, 0.29) is 17.4 Å². The lowest BCUT2D eigenvalue weighted by atomic mass is 10.0.